The number of alkyl halides is 3. The maximum atomic E-state index is 12.5. The molecule has 0 aliphatic carbocycles. The third-order valence-electron chi connectivity index (χ3n) is 4.61. The Morgan fingerprint density at radius 2 is 1.68 bits per heavy atom. The third kappa shape index (κ3) is 6.85. The van der Waals surface area contributed by atoms with Crippen molar-refractivity contribution in [2.24, 2.45) is 0 Å². The van der Waals surface area contributed by atoms with Gasteiger partial charge in [0.2, 0.25) is 5.88 Å². The van der Waals surface area contributed by atoms with Gasteiger partial charge in [0.15, 0.2) is 0 Å². The van der Waals surface area contributed by atoms with Crippen molar-refractivity contribution in [3.8, 4) is 17.4 Å². The molecule has 0 aliphatic rings. The molecule has 3 aromatic rings. The van der Waals surface area contributed by atoms with Crippen molar-refractivity contribution in [2.45, 2.75) is 32.7 Å². The molecule has 1 aromatic heterocycles. The van der Waals surface area contributed by atoms with Crippen molar-refractivity contribution < 1.29 is 32.2 Å². The molecular weight excluding hydrogens is 451 g/mol. The first-order valence-corrected chi connectivity index (χ1v) is 10.4. The molecule has 0 bridgehead atoms. The van der Waals surface area contributed by atoms with Gasteiger partial charge in [0.25, 0.3) is 0 Å². The summed E-state index contributed by atoms with van der Waals surface area (Å²) in [5, 5.41) is 5.17. The first-order chi connectivity index (χ1) is 16.1. The van der Waals surface area contributed by atoms with Crippen LogP contribution in [0.15, 0.2) is 66.9 Å². The quantitative estimate of drug-likeness (QED) is 0.379. The molecule has 7 nitrogen and oxygen atoms in total. The van der Waals surface area contributed by atoms with E-state index in [1.54, 1.807) is 18.2 Å². The van der Waals surface area contributed by atoms with Crippen LogP contribution >= 0.6 is 0 Å². The van der Waals surface area contributed by atoms with Gasteiger partial charge in [0, 0.05) is 24.1 Å². The van der Waals surface area contributed by atoms with Crippen LogP contribution in [-0.4, -0.2) is 24.0 Å². The van der Waals surface area contributed by atoms with E-state index in [-0.39, 0.29) is 11.6 Å². The van der Waals surface area contributed by atoms with E-state index in [1.165, 1.54) is 18.3 Å². The number of hydrogen-bond donors (Lipinski definition) is 2. The van der Waals surface area contributed by atoms with Crippen LogP contribution in [0.25, 0.3) is 0 Å². The van der Waals surface area contributed by atoms with Gasteiger partial charge in [-0.1, -0.05) is 18.2 Å². The van der Waals surface area contributed by atoms with Crippen LogP contribution in [0.5, 0.6) is 17.4 Å². The van der Waals surface area contributed by atoms with E-state index in [0.29, 0.717) is 18.0 Å². The number of carbonyl (C=O) groups excluding carboxylic acids is 1. The lowest BCUT2D eigenvalue weighted by Gasteiger charge is -2.27. The molecule has 0 spiro atoms. The van der Waals surface area contributed by atoms with E-state index in [0.717, 1.165) is 17.7 Å². The number of pyridine rings is 1. The highest BCUT2D eigenvalue weighted by atomic mass is 19.4. The highest BCUT2D eigenvalue weighted by Crippen LogP contribution is 2.36. The number of nitrogens with zero attached hydrogens (tertiary/aromatic N) is 1. The number of aromatic nitrogens is 1. The Hall–Kier alpha value is -3.79. The number of hydrogen-bond acceptors (Lipinski definition) is 5. The lowest BCUT2D eigenvalue weighted by Crippen LogP contribution is -2.22. The molecule has 10 heteroatoms. The molecule has 1 heterocycles. The standard InChI is InChI=1S/C24H24F3N3O4/c1-4-32-23(2,3)18-8-5-6-10-20(18)33-21-19(9-7-15-28-21)30-22(31)29-16-11-13-17(14-12-16)34-24(25,26)27/h5-15H,4H2,1-3H3,(H2,29,30,31). The summed E-state index contributed by atoms with van der Waals surface area (Å²) in [6.07, 6.45) is -3.27. The van der Waals surface area contributed by atoms with Crippen LogP contribution in [0.2, 0.25) is 0 Å². The zero-order chi connectivity index (χ0) is 24.8. The van der Waals surface area contributed by atoms with Crippen molar-refractivity contribution in [1.29, 1.82) is 0 Å². The van der Waals surface area contributed by atoms with E-state index in [2.05, 4.69) is 20.4 Å². The molecule has 2 amide bonds. The third-order valence-corrected chi connectivity index (χ3v) is 4.61. The molecule has 0 unspecified atom stereocenters. The molecule has 0 radical (unpaired) electrons. The molecule has 2 N–H and O–H groups in total. The first kappa shape index (κ1) is 24.8. The Bertz CT molecular complexity index is 1120. The number of anilines is 2. The van der Waals surface area contributed by atoms with Gasteiger partial charge in [-0.15, -0.1) is 13.2 Å². The molecule has 0 atom stereocenters. The van der Waals surface area contributed by atoms with Gasteiger partial charge in [-0.05, 0) is 63.2 Å². The van der Waals surface area contributed by atoms with Crippen LogP contribution in [-0.2, 0) is 10.3 Å². The molecule has 0 fully saturated rings. The van der Waals surface area contributed by atoms with Gasteiger partial charge in [0.1, 0.15) is 17.2 Å². The van der Waals surface area contributed by atoms with E-state index >= 15 is 0 Å². The maximum Gasteiger partial charge on any atom is 0.573 e. The topological polar surface area (TPSA) is 81.7 Å². The summed E-state index contributed by atoms with van der Waals surface area (Å²) >= 11 is 0. The average Bonchev–Trinajstić information content (AvgIpc) is 2.76. The summed E-state index contributed by atoms with van der Waals surface area (Å²) in [4.78, 5) is 16.7. The van der Waals surface area contributed by atoms with Crippen LogP contribution in [0.1, 0.15) is 26.3 Å². The van der Waals surface area contributed by atoms with Crippen molar-refractivity contribution in [1.82, 2.24) is 4.98 Å². The molecule has 3 rings (SSSR count). The van der Waals surface area contributed by atoms with Crippen LogP contribution in [0.4, 0.5) is 29.3 Å². The summed E-state index contributed by atoms with van der Waals surface area (Å²) in [5.41, 5.74) is 0.745. The predicted molar refractivity (Wildman–Crippen MR) is 121 cm³/mol. The fourth-order valence-corrected chi connectivity index (χ4v) is 3.19. The van der Waals surface area contributed by atoms with Crippen LogP contribution in [0, 0.1) is 0 Å². The highest BCUT2D eigenvalue weighted by molar-refractivity contribution is 6.00. The Morgan fingerprint density at radius 3 is 2.35 bits per heavy atom. The average molecular weight is 475 g/mol. The maximum absolute atomic E-state index is 12.5. The second kappa shape index (κ2) is 10.4. The Labute approximate surface area is 194 Å². The molecule has 0 aliphatic heterocycles. The fourth-order valence-electron chi connectivity index (χ4n) is 3.19. The summed E-state index contributed by atoms with van der Waals surface area (Å²) in [6.45, 7) is 6.27. The Kier molecular flexibility index (Phi) is 7.62. The largest absolute Gasteiger partial charge is 0.573 e. The number of rotatable bonds is 8. The molecule has 0 saturated heterocycles. The number of para-hydroxylation sites is 1. The molecular formula is C24H24F3N3O4. The van der Waals surface area contributed by atoms with E-state index in [9.17, 15) is 18.0 Å². The monoisotopic (exact) mass is 475 g/mol. The first-order valence-electron chi connectivity index (χ1n) is 10.4. The highest BCUT2D eigenvalue weighted by Gasteiger charge is 2.31. The SMILES string of the molecule is CCOC(C)(C)c1ccccc1Oc1ncccc1NC(=O)Nc1ccc(OC(F)(F)F)cc1. The van der Waals surface area contributed by atoms with Gasteiger partial charge in [-0.2, -0.15) is 0 Å². The predicted octanol–water partition coefficient (Wildman–Crippen LogP) is 6.69. The number of nitrogens with one attached hydrogen (secondary N) is 2. The minimum Gasteiger partial charge on any atom is -0.437 e. The fraction of sp³-hybridized carbons (Fsp3) is 0.250. The summed E-state index contributed by atoms with van der Waals surface area (Å²) in [5.74, 6) is 0.282. The number of halogens is 3. The second-order valence-corrected chi connectivity index (χ2v) is 7.55. The van der Waals surface area contributed by atoms with Gasteiger partial charge < -0.3 is 24.8 Å². The molecule has 0 saturated carbocycles. The van der Waals surface area contributed by atoms with E-state index < -0.39 is 23.7 Å². The molecule has 2 aromatic carbocycles. The zero-order valence-electron chi connectivity index (χ0n) is 18.8. The smallest absolute Gasteiger partial charge is 0.437 e. The van der Waals surface area contributed by atoms with Gasteiger partial charge in [-0.3, -0.25) is 0 Å². The van der Waals surface area contributed by atoms with Crippen LogP contribution in [0.3, 0.4) is 0 Å². The summed E-state index contributed by atoms with van der Waals surface area (Å²) in [6, 6.07) is 14.7. The zero-order valence-corrected chi connectivity index (χ0v) is 18.8. The summed E-state index contributed by atoms with van der Waals surface area (Å²) in [7, 11) is 0. The lowest BCUT2D eigenvalue weighted by atomic mass is 9.97. The lowest BCUT2D eigenvalue weighted by molar-refractivity contribution is -0.274. The summed E-state index contributed by atoms with van der Waals surface area (Å²) < 4.78 is 52.6. The number of benzene rings is 2. The van der Waals surface area contributed by atoms with Crippen LogP contribution < -0.4 is 20.1 Å². The molecule has 34 heavy (non-hydrogen) atoms. The minimum atomic E-state index is -4.79. The van der Waals surface area contributed by atoms with Gasteiger partial charge in [0.05, 0.1) is 5.60 Å². The van der Waals surface area contributed by atoms with Crippen molar-refractivity contribution in [2.75, 3.05) is 17.2 Å². The van der Waals surface area contributed by atoms with E-state index in [4.69, 9.17) is 9.47 Å². The molecule has 180 valence electrons. The number of amides is 2. The normalized spacial score (nSPS) is 11.6. The number of urea groups is 1. The number of carbonyl (C=O) groups is 1. The van der Waals surface area contributed by atoms with Crippen molar-refractivity contribution >= 4 is 17.4 Å². The Morgan fingerprint density at radius 1 is 0.971 bits per heavy atom. The Balaban J connectivity index is 1.73. The van der Waals surface area contributed by atoms with Gasteiger partial charge >= 0.3 is 12.4 Å². The minimum absolute atomic E-state index is 0.159. The number of ether oxygens (including phenoxy) is 3. The van der Waals surface area contributed by atoms with Crippen molar-refractivity contribution in [3.05, 3.63) is 72.4 Å². The second-order valence-electron chi connectivity index (χ2n) is 7.55. The van der Waals surface area contributed by atoms with E-state index in [1.807, 2.05) is 39.0 Å². The van der Waals surface area contributed by atoms with Gasteiger partial charge in [-0.25, -0.2) is 9.78 Å². The van der Waals surface area contributed by atoms with Crippen molar-refractivity contribution in [3.63, 3.8) is 0 Å².